The van der Waals surface area contributed by atoms with E-state index in [2.05, 4.69) is 308 Å². The van der Waals surface area contributed by atoms with Crippen LogP contribution in [0, 0.1) is 0 Å². The van der Waals surface area contributed by atoms with E-state index in [1.165, 1.54) is 106 Å². The van der Waals surface area contributed by atoms with Crippen LogP contribution in [0.4, 0.5) is 17.1 Å². The first-order chi connectivity index (χ1) is 37.7. The Hall–Kier alpha value is -9.56. The van der Waals surface area contributed by atoms with E-state index >= 15 is 0 Å². The van der Waals surface area contributed by atoms with E-state index in [-0.39, 0.29) is 5.92 Å². The van der Waals surface area contributed by atoms with Crippen molar-refractivity contribution >= 4 is 17.1 Å². The number of hydrogen-bond donors (Lipinski definition) is 0. The highest BCUT2D eigenvalue weighted by molar-refractivity contribution is 6.00. The van der Waals surface area contributed by atoms with Gasteiger partial charge in [-0.2, -0.15) is 0 Å². The molecule has 0 N–H and O–H groups in total. The predicted octanol–water partition coefficient (Wildman–Crippen LogP) is 19.5. The molecule has 14 rings (SSSR count). The molecule has 0 unspecified atom stereocenters. The Labute approximate surface area is 446 Å². The lowest BCUT2D eigenvalue weighted by molar-refractivity contribution is 0.777. The molecule has 0 bridgehead atoms. The first-order valence-corrected chi connectivity index (χ1v) is 26.6. The van der Waals surface area contributed by atoms with Crippen LogP contribution in [-0.2, 0) is 11.8 Å². The Balaban J connectivity index is 0.949. The first kappa shape index (κ1) is 45.1. The SMILES string of the molecule is c1ccc(-c2ccc(C(Cc3ccc4c(c3)C3(c5ccccc5-c5ccccc53)c3c-4cccc3N(c3ccc(-c4ccccc4)cc3)c3ccc(-c4ccccc4)cc3)c3ccc(-c4ccccc4)cc3)cc2)cc1. The van der Waals surface area contributed by atoms with Crippen molar-refractivity contribution in [1.29, 1.82) is 0 Å². The van der Waals surface area contributed by atoms with E-state index in [1.807, 2.05) is 0 Å². The van der Waals surface area contributed by atoms with Crippen molar-refractivity contribution in [3.8, 4) is 66.8 Å². The summed E-state index contributed by atoms with van der Waals surface area (Å²) < 4.78 is 0. The molecule has 358 valence electrons. The predicted molar refractivity (Wildman–Crippen MR) is 318 cm³/mol. The molecule has 12 aromatic carbocycles. The summed E-state index contributed by atoms with van der Waals surface area (Å²) in [7, 11) is 0. The number of anilines is 3. The van der Waals surface area contributed by atoms with Crippen molar-refractivity contribution in [2.24, 2.45) is 0 Å². The molecule has 12 aromatic rings. The zero-order valence-electron chi connectivity index (χ0n) is 42.1. The maximum Gasteiger partial charge on any atom is 0.0746 e. The van der Waals surface area contributed by atoms with Gasteiger partial charge >= 0.3 is 0 Å². The van der Waals surface area contributed by atoms with Gasteiger partial charge in [0, 0.05) is 22.9 Å². The smallest absolute Gasteiger partial charge is 0.0746 e. The van der Waals surface area contributed by atoms with E-state index in [0.717, 1.165) is 23.5 Å². The molecule has 1 heteroatoms. The maximum atomic E-state index is 2.58. The lowest BCUT2D eigenvalue weighted by atomic mass is 9.69. The summed E-state index contributed by atoms with van der Waals surface area (Å²) in [4.78, 5) is 2.51. The Morgan fingerprint density at radius 1 is 0.276 bits per heavy atom. The molecule has 1 nitrogen and oxygen atoms in total. The van der Waals surface area contributed by atoms with Gasteiger partial charge in [-0.05, 0) is 137 Å². The van der Waals surface area contributed by atoms with Gasteiger partial charge < -0.3 is 4.90 Å². The molecule has 1 spiro atoms. The first-order valence-electron chi connectivity index (χ1n) is 26.6. The fourth-order valence-electron chi connectivity index (χ4n) is 12.6. The van der Waals surface area contributed by atoms with Gasteiger partial charge in [-0.3, -0.25) is 0 Å². The summed E-state index contributed by atoms with van der Waals surface area (Å²) in [6.07, 6.45) is 0.832. The molecule has 0 aliphatic heterocycles. The highest BCUT2D eigenvalue weighted by atomic mass is 15.1. The largest absolute Gasteiger partial charge is 0.310 e. The second kappa shape index (κ2) is 19.0. The third kappa shape index (κ3) is 7.71. The number of rotatable bonds is 11. The minimum absolute atomic E-state index is 0.111. The molecule has 0 fully saturated rings. The van der Waals surface area contributed by atoms with Gasteiger partial charge in [0.15, 0.2) is 0 Å². The van der Waals surface area contributed by atoms with E-state index < -0.39 is 5.41 Å². The summed E-state index contributed by atoms with van der Waals surface area (Å²) >= 11 is 0. The number of benzene rings is 12. The minimum atomic E-state index is -0.610. The summed E-state index contributed by atoms with van der Waals surface area (Å²) in [5.74, 6) is 0.111. The van der Waals surface area contributed by atoms with Gasteiger partial charge in [-0.1, -0.05) is 273 Å². The highest BCUT2D eigenvalue weighted by Crippen LogP contribution is 2.65. The molecular weight excluding hydrogens is 915 g/mol. The van der Waals surface area contributed by atoms with Crippen LogP contribution >= 0.6 is 0 Å². The van der Waals surface area contributed by atoms with Crippen LogP contribution < -0.4 is 4.90 Å². The van der Waals surface area contributed by atoms with Gasteiger partial charge in [-0.25, -0.2) is 0 Å². The van der Waals surface area contributed by atoms with Crippen LogP contribution in [0.3, 0.4) is 0 Å². The summed E-state index contributed by atoms with van der Waals surface area (Å²) in [6, 6.07) is 113. The fourth-order valence-corrected chi connectivity index (χ4v) is 12.6. The second-order valence-electron chi connectivity index (χ2n) is 20.3. The second-order valence-corrected chi connectivity index (χ2v) is 20.3. The van der Waals surface area contributed by atoms with Gasteiger partial charge in [0.05, 0.1) is 11.1 Å². The fraction of sp³-hybridized carbons (Fsp3) is 0.0400. The van der Waals surface area contributed by atoms with E-state index in [4.69, 9.17) is 0 Å². The monoisotopic (exact) mass is 967 g/mol. The normalized spacial score (nSPS) is 12.5. The third-order valence-corrected chi connectivity index (χ3v) is 16.1. The van der Waals surface area contributed by atoms with Gasteiger partial charge in [0.1, 0.15) is 0 Å². The molecule has 76 heavy (non-hydrogen) atoms. The molecule has 0 aromatic heterocycles. The van der Waals surface area contributed by atoms with Crippen LogP contribution in [0.2, 0.25) is 0 Å². The maximum absolute atomic E-state index is 2.58. The van der Waals surface area contributed by atoms with Crippen LogP contribution in [-0.4, -0.2) is 0 Å². The van der Waals surface area contributed by atoms with Crippen LogP contribution in [0.5, 0.6) is 0 Å². The van der Waals surface area contributed by atoms with Crippen LogP contribution in [0.1, 0.15) is 44.9 Å². The van der Waals surface area contributed by atoms with E-state index in [9.17, 15) is 0 Å². The third-order valence-electron chi connectivity index (χ3n) is 16.1. The van der Waals surface area contributed by atoms with Crippen molar-refractivity contribution in [1.82, 2.24) is 0 Å². The summed E-state index contributed by atoms with van der Waals surface area (Å²) in [5, 5.41) is 0. The summed E-state index contributed by atoms with van der Waals surface area (Å²) in [6.45, 7) is 0. The molecule has 2 aliphatic rings. The van der Waals surface area contributed by atoms with Gasteiger partial charge in [0.2, 0.25) is 0 Å². The van der Waals surface area contributed by atoms with Crippen molar-refractivity contribution in [2.45, 2.75) is 17.8 Å². The molecule has 0 amide bonds. The Morgan fingerprint density at radius 3 is 1.07 bits per heavy atom. The van der Waals surface area contributed by atoms with Crippen molar-refractivity contribution < 1.29 is 0 Å². The average molecular weight is 968 g/mol. The van der Waals surface area contributed by atoms with Crippen LogP contribution in [0.25, 0.3) is 66.8 Å². The van der Waals surface area contributed by atoms with Crippen molar-refractivity contribution in [3.63, 3.8) is 0 Å². The van der Waals surface area contributed by atoms with E-state index in [1.54, 1.807) is 0 Å². The lowest BCUT2D eigenvalue weighted by Crippen LogP contribution is -2.28. The number of nitrogens with zero attached hydrogens (tertiary/aromatic N) is 1. The molecule has 0 radical (unpaired) electrons. The van der Waals surface area contributed by atoms with E-state index in [0.29, 0.717) is 0 Å². The Bertz CT molecular complexity index is 3800. The van der Waals surface area contributed by atoms with Crippen molar-refractivity contribution in [2.75, 3.05) is 4.90 Å². The molecule has 2 aliphatic carbocycles. The topological polar surface area (TPSA) is 3.24 Å². The van der Waals surface area contributed by atoms with Crippen molar-refractivity contribution in [3.05, 3.63) is 342 Å². The molecular formula is C75H53N. The minimum Gasteiger partial charge on any atom is -0.310 e. The molecule has 0 heterocycles. The zero-order valence-corrected chi connectivity index (χ0v) is 42.1. The highest BCUT2D eigenvalue weighted by Gasteiger charge is 2.53. The summed E-state index contributed by atoms with van der Waals surface area (Å²) in [5.41, 5.74) is 26.8. The lowest BCUT2D eigenvalue weighted by Gasteiger charge is -2.36. The van der Waals surface area contributed by atoms with Gasteiger partial charge in [-0.15, -0.1) is 0 Å². The molecule has 0 saturated heterocycles. The standard InChI is InChI=1S/C75H53N/c1-5-18-53(19-6-1)57-33-37-61(38-34-57)69(62-39-35-58(36-40-62)54-20-7-2-8-21-54)50-52-32-49-67-68-28-17-31-73(74(68)75(72(67)51-52)70-29-15-13-26-65(70)66-27-14-16-30-71(66)75)76(63-45-41-59(42-46-63)55-22-9-3-10-23-55)64-47-43-60(44-48-64)56-24-11-4-12-25-56/h1-49,51,69H,50H2. The Kier molecular flexibility index (Phi) is 11.3. The quantitative estimate of drug-likeness (QED) is 0.125. The van der Waals surface area contributed by atoms with Gasteiger partial charge in [0.25, 0.3) is 0 Å². The molecule has 0 saturated carbocycles. The molecule has 0 atom stereocenters. The Morgan fingerprint density at radius 2 is 0.632 bits per heavy atom. The number of hydrogen-bond acceptors (Lipinski definition) is 1. The zero-order chi connectivity index (χ0) is 50.4. The van der Waals surface area contributed by atoms with Crippen LogP contribution in [0.15, 0.2) is 303 Å². The average Bonchev–Trinajstić information content (AvgIpc) is 4.20. The number of fused-ring (bicyclic) bond motifs is 10.